The van der Waals surface area contributed by atoms with E-state index in [4.69, 9.17) is 4.74 Å². The maximum absolute atomic E-state index is 11.5. The molecule has 24 heavy (non-hydrogen) atoms. The number of carbonyl (C=O) groups is 1. The summed E-state index contributed by atoms with van der Waals surface area (Å²) in [7, 11) is 1.35. The van der Waals surface area contributed by atoms with Gasteiger partial charge in [0.1, 0.15) is 6.07 Å². The summed E-state index contributed by atoms with van der Waals surface area (Å²) in [6.07, 6.45) is 7.13. The molecule has 0 radical (unpaired) electrons. The van der Waals surface area contributed by atoms with Crippen LogP contribution in [0.5, 0.6) is 0 Å². The number of carbonyl (C=O) groups excluding carboxylic acids is 1. The molecule has 0 saturated carbocycles. The van der Waals surface area contributed by atoms with Gasteiger partial charge in [-0.25, -0.2) is 4.79 Å². The van der Waals surface area contributed by atoms with E-state index in [0.717, 1.165) is 22.4 Å². The molecule has 0 unspecified atom stereocenters. The van der Waals surface area contributed by atoms with Crippen molar-refractivity contribution in [2.75, 3.05) is 7.11 Å². The number of methoxy groups -OCH3 is 1. The largest absolute Gasteiger partial charge is 0.465 e. The highest BCUT2D eigenvalue weighted by molar-refractivity contribution is 5.89. The molecule has 1 aromatic heterocycles. The minimum Gasteiger partial charge on any atom is -0.465 e. The second-order valence-electron chi connectivity index (χ2n) is 5.24. The number of nitriles is 1. The van der Waals surface area contributed by atoms with Crippen molar-refractivity contribution >= 4 is 11.5 Å². The first-order valence-corrected chi connectivity index (χ1v) is 7.31. The summed E-state index contributed by atoms with van der Waals surface area (Å²) < 4.78 is 6.53. The van der Waals surface area contributed by atoms with Gasteiger partial charge in [-0.1, -0.05) is 30.9 Å². The lowest BCUT2D eigenvalue weighted by atomic mass is 9.99. The lowest BCUT2D eigenvalue weighted by Crippen LogP contribution is -2.01. The fraction of sp³-hybridized carbons (Fsp3) is 0.100. The Kier molecular flexibility index (Phi) is 5.18. The first-order valence-electron chi connectivity index (χ1n) is 7.31. The smallest absolute Gasteiger partial charge is 0.337 e. The van der Waals surface area contributed by atoms with Gasteiger partial charge in [0.25, 0.3) is 0 Å². The third kappa shape index (κ3) is 3.36. The number of nitrogens with zero attached hydrogens (tertiary/aromatic N) is 2. The van der Waals surface area contributed by atoms with Gasteiger partial charge >= 0.3 is 5.97 Å². The lowest BCUT2D eigenvalue weighted by Gasteiger charge is -2.06. The van der Waals surface area contributed by atoms with Crippen molar-refractivity contribution in [2.24, 2.45) is 0 Å². The second-order valence-corrected chi connectivity index (χ2v) is 5.24. The maximum Gasteiger partial charge on any atom is 0.337 e. The van der Waals surface area contributed by atoms with Gasteiger partial charge in [0.2, 0.25) is 0 Å². The highest BCUT2D eigenvalue weighted by Gasteiger charge is 2.13. The van der Waals surface area contributed by atoms with Crippen molar-refractivity contribution < 1.29 is 9.53 Å². The molecule has 2 rings (SSSR count). The van der Waals surface area contributed by atoms with Gasteiger partial charge in [-0.2, -0.15) is 5.26 Å². The van der Waals surface area contributed by atoms with E-state index in [1.165, 1.54) is 7.11 Å². The zero-order chi connectivity index (χ0) is 17.7. The van der Waals surface area contributed by atoms with Crippen molar-refractivity contribution in [1.82, 2.24) is 4.57 Å². The Labute approximate surface area is 141 Å². The molecule has 0 aliphatic carbocycles. The van der Waals surface area contributed by atoms with E-state index in [1.54, 1.807) is 36.5 Å². The summed E-state index contributed by atoms with van der Waals surface area (Å²) in [5.74, 6) is -0.383. The van der Waals surface area contributed by atoms with Crippen LogP contribution >= 0.6 is 0 Å². The quantitative estimate of drug-likeness (QED) is 0.610. The van der Waals surface area contributed by atoms with Gasteiger partial charge in [-0.3, -0.25) is 0 Å². The molecule has 0 saturated heterocycles. The number of ether oxygens (including phenoxy) is 1. The Morgan fingerprint density at radius 2 is 1.96 bits per heavy atom. The minimum atomic E-state index is -0.383. The third-order valence-electron chi connectivity index (χ3n) is 3.57. The fourth-order valence-electron chi connectivity index (χ4n) is 2.37. The summed E-state index contributed by atoms with van der Waals surface area (Å²) in [6, 6.07) is 9.18. The molecule has 0 atom stereocenters. The van der Waals surface area contributed by atoms with Crippen molar-refractivity contribution in [2.45, 2.75) is 6.92 Å². The van der Waals surface area contributed by atoms with E-state index in [0.29, 0.717) is 11.1 Å². The van der Waals surface area contributed by atoms with Crippen LogP contribution in [0.25, 0.3) is 11.3 Å². The molecule has 4 nitrogen and oxygen atoms in total. The molecular formula is C20H18N2O2. The van der Waals surface area contributed by atoms with Gasteiger partial charge in [-0.05, 0) is 36.8 Å². The molecule has 0 amide bonds. The maximum atomic E-state index is 11.5. The number of hydrogen-bond acceptors (Lipinski definition) is 3. The summed E-state index contributed by atoms with van der Waals surface area (Å²) in [6.45, 7) is 9.56. The van der Waals surface area contributed by atoms with E-state index in [1.807, 2.05) is 23.8 Å². The van der Waals surface area contributed by atoms with Crippen molar-refractivity contribution in [3.05, 3.63) is 84.2 Å². The average molecular weight is 318 g/mol. The summed E-state index contributed by atoms with van der Waals surface area (Å²) in [5, 5.41) is 9.42. The molecule has 4 heteroatoms. The molecule has 120 valence electrons. The number of benzene rings is 1. The van der Waals surface area contributed by atoms with Crippen LogP contribution in [-0.4, -0.2) is 17.6 Å². The van der Waals surface area contributed by atoms with Crippen LogP contribution in [-0.2, 0) is 4.74 Å². The molecule has 0 N–H and O–H groups in total. The Bertz CT molecular complexity index is 862. The Hall–Kier alpha value is -3.32. The number of allylic oxidation sites excluding steroid dienone is 4. The van der Waals surface area contributed by atoms with Gasteiger partial charge in [0.15, 0.2) is 0 Å². The highest BCUT2D eigenvalue weighted by atomic mass is 16.5. The monoisotopic (exact) mass is 318 g/mol. The van der Waals surface area contributed by atoms with Gasteiger partial charge < -0.3 is 9.30 Å². The number of hydrogen-bond donors (Lipinski definition) is 0. The zero-order valence-corrected chi connectivity index (χ0v) is 13.7. The predicted molar refractivity (Wildman–Crippen MR) is 94.8 cm³/mol. The molecule has 2 aromatic rings. The third-order valence-corrected chi connectivity index (χ3v) is 3.57. The topological polar surface area (TPSA) is 55.0 Å². The van der Waals surface area contributed by atoms with Crippen LogP contribution in [0, 0.1) is 11.3 Å². The molecule has 0 aliphatic rings. The summed E-state index contributed by atoms with van der Waals surface area (Å²) >= 11 is 0. The average Bonchev–Trinajstić information content (AvgIpc) is 3.02. The van der Waals surface area contributed by atoms with Gasteiger partial charge in [-0.15, -0.1) is 0 Å². The fourth-order valence-corrected chi connectivity index (χ4v) is 2.37. The van der Waals surface area contributed by atoms with Crippen LogP contribution in [0.4, 0.5) is 0 Å². The molecule has 0 aliphatic heterocycles. The van der Waals surface area contributed by atoms with Crippen LogP contribution in [0.3, 0.4) is 0 Å². The van der Waals surface area contributed by atoms with Crippen molar-refractivity contribution in [3.8, 4) is 11.8 Å². The summed E-state index contributed by atoms with van der Waals surface area (Å²) in [5.41, 5.74) is 4.37. The van der Waals surface area contributed by atoms with Gasteiger partial charge in [0.05, 0.1) is 18.2 Å². The Morgan fingerprint density at radius 1 is 1.29 bits per heavy atom. The predicted octanol–water partition coefficient (Wildman–Crippen LogP) is 4.28. The molecule has 1 aromatic carbocycles. The van der Waals surface area contributed by atoms with E-state index in [-0.39, 0.29) is 5.97 Å². The standard InChI is InChI=1S/C20H18N2O2/c1-5-6-18(14(2)3)19-13-22(12-16(19)11-21)17-9-7-15(8-10-17)20(23)24-4/h5-10,12-13H,1-2H2,3-4H3/b18-6+. The van der Waals surface area contributed by atoms with Gasteiger partial charge in [0, 0.05) is 23.6 Å². The van der Waals surface area contributed by atoms with Crippen LogP contribution < -0.4 is 0 Å². The number of rotatable bonds is 5. The molecular weight excluding hydrogens is 300 g/mol. The summed E-state index contributed by atoms with van der Waals surface area (Å²) in [4.78, 5) is 11.5. The molecule has 0 fully saturated rings. The molecule has 0 spiro atoms. The first kappa shape index (κ1) is 17.0. The zero-order valence-electron chi connectivity index (χ0n) is 13.7. The first-order chi connectivity index (χ1) is 11.5. The highest BCUT2D eigenvalue weighted by Crippen LogP contribution is 2.27. The lowest BCUT2D eigenvalue weighted by molar-refractivity contribution is 0.0601. The molecule has 0 bridgehead atoms. The normalized spacial score (nSPS) is 10.8. The number of esters is 1. The van der Waals surface area contributed by atoms with E-state index >= 15 is 0 Å². The Morgan fingerprint density at radius 3 is 2.46 bits per heavy atom. The van der Waals surface area contributed by atoms with Crippen LogP contribution in [0.1, 0.15) is 28.4 Å². The van der Waals surface area contributed by atoms with E-state index in [2.05, 4.69) is 19.2 Å². The van der Waals surface area contributed by atoms with Crippen LogP contribution in [0.2, 0.25) is 0 Å². The minimum absolute atomic E-state index is 0.383. The van der Waals surface area contributed by atoms with Crippen LogP contribution in [0.15, 0.2) is 67.5 Å². The number of aromatic nitrogens is 1. The van der Waals surface area contributed by atoms with Crippen molar-refractivity contribution in [1.29, 1.82) is 5.26 Å². The Balaban J connectivity index is 2.49. The molecule has 1 heterocycles. The van der Waals surface area contributed by atoms with Crippen molar-refractivity contribution in [3.63, 3.8) is 0 Å². The van der Waals surface area contributed by atoms with E-state index in [9.17, 15) is 10.1 Å². The van der Waals surface area contributed by atoms with E-state index < -0.39 is 0 Å². The second kappa shape index (κ2) is 7.30. The SMILES string of the molecule is C=C/C=C(\C(=C)C)c1cn(-c2ccc(C(=O)OC)cc2)cc1C#N.